The first kappa shape index (κ1) is 21.7. The summed E-state index contributed by atoms with van der Waals surface area (Å²) in [7, 11) is 1.79. The van der Waals surface area contributed by atoms with E-state index in [0.717, 1.165) is 56.2 Å². The minimum Gasteiger partial charge on any atom is -0.356 e. The summed E-state index contributed by atoms with van der Waals surface area (Å²) in [6.07, 6.45) is 8.74. The Labute approximate surface area is 171 Å². The van der Waals surface area contributed by atoms with Gasteiger partial charge in [0.25, 0.3) is 0 Å². The van der Waals surface area contributed by atoms with Gasteiger partial charge in [-0.3, -0.25) is 4.99 Å². The second-order valence-corrected chi connectivity index (χ2v) is 5.93. The first-order chi connectivity index (χ1) is 11.7. The van der Waals surface area contributed by atoms with E-state index < -0.39 is 0 Å². The van der Waals surface area contributed by atoms with E-state index in [1.807, 2.05) is 31.5 Å². The number of imidazole rings is 1. The Morgan fingerprint density at radius 1 is 1.20 bits per heavy atom. The maximum atomic E-state index is 5.78. The van der Waals surface area contributed by atoms with E-state index in [4.69, 9.17) is 11.6 Å². The van der Waals surface area contributed by atoms with Gasteiger partial charge in [-0.2, -0.15) is 0 Å². The van der Waals surface area contributed by atoms with Gasteiger partial charge in [0.05, 0.1) is 0 Å². The molecule has 0 aliphatic carbocycles. The number of nitrogens with one attached hydrogen (secondary N) is 2. The molecule has 0 aromatic carbocycles. The lowest BCUT2D eigenvalue weighted by molar-refractivity contribution is 0.588. The molecule has 138 valence electrons. The highest BCUT2D eigenvalue weighted by molar-refractivity contribution is 14.0. The summed E-state index contributed by atoms with van der Waals surface area (Å²) in [5, 5.41) is 7.17. The summed E-state index contributed by atoms with van der Waals surface area (Å²) in [6, 6.07) is 3.80. The topological polar surface area (TPSA) is 67.1 Å². The number of hydrogen-bond donors (Lipinski definition) is 2. The Bertz CT molecular complexity index is 641. The number of pyridine rings is 1. The Hall–Kier alpha value is -1.35. The molecule has 2 aromatic rings. The van der Waals surface area contributed by atoms with Crippen LogP contribution in [-0.2, 0) is 13.0 Å². The van der Waals surface area contributed by atoms with Crippen LogP contribution < -0.4 is 10.6 Å². The van der Waals surface area contributed by atoms with E-state index in [1.165, 1.54) is 0 Å². The minimum atomic E-state index is 0. The predicted molar refractivity (Wildman–Crippen MR) is 114 cm³/mol. The van der Waals surface area contributed by atoms with Gasteiger partial charge >= 0.3 is 0 Å². The van der Waals surface area contributed by atoms with Crippen LogP contribution in [0.4, 0.5) is 0 Å². The van der Waals surface area contributed by atoms with Crippen molar-refractivity contribution in [2.45, 2.75) is 32.7 Å². The zero-order valence-corrected chi connectivity index (χ0v) is 17.8. The van der Waals surface area contributed by atoms with E-state index in [0.29, 0.717) is 5.15 Å². The van der Waals surface area contributed by atoms with Crippen LogP contribution in [0, 0.1) is 6.92 Å². The molecule has 6 nitrogen and oxygen atoms in total. The van der Waals surface area contributed by atoms with Crippen molar-refractivity contribution in [1.82, 2.24) is 25.2 Å². The molecule has 2 rings (SSSR count). The van der Waals surface area contributed by atoms with Crippen LogP contribution in [-0.4, -0.2) is 40.6 Å². The first-order valence-corrected chi connectivity index (χ1v) is 8.59. The normalized spacial score (nSPS) is 11.1. The van der Waals surface area contributed by atoms with Crippen molar-refractivity contribution in [1.29, 1.82) is 0 Å². The largest absolute Gasteiger partial charge is 0.356 e. The molecule has 0 atom stereocenters. The molecule has 0 bridgehead atoms. The maximum Gasteiger partial charge on any atom is 0.190 e. The van der Waals surface area contributed by atoms with E-state index in [1.54, 1.807) is 13.2 Å². The van der Waals surface area contributed by atoms with E-state index >= 15 is 0 Å². The number of rotatable bonds is 8. The lowest BCUT2D eigenvalue weighted by Gasteiger charge is -2.12. The van der Waals surface area contributed by atoms with Crippen LogP contribution in [0.25, 0.3) is 0 Å². The summed E-state index contributed by atoms with van der Waals surface area (Å²) in [5.41, 5.74) is 1.15. The number of nitrogens with zero attached hydrogens (tertiary/aromatic N) is 4. The van der Waals surface area contributed by atoms with Crippen LogP contribution in [0.1, 0.15) is 24.2 Å². The van der Waals surface area contributed by atoms with Crippen molar-refractivity contribution in [3.8, 4) is 0 Å². The summed E-state index contributed by atoms with van der Waals surface area (Å²) in [6.45, 7) is 4.73. The minimum absolute atomic E-state index is 0. The number of aryl methyl sites for hydroxylation is 2. The van der Waals surface area contributed by atoms with Gasteiger partial charge in [0.1, 0.15) is 11.0 Å². The summed E-state index contributed by atoms with van der Waals surface area (Å²) in [5.74, 6) is 1.90. The van der Waals surface area contributed by atoms with E-state index in [2.05, 4.69) is 30.2 Å². The summed E-state index contributed by atoms with van der Waals surface area (Å²) in [4.78, 5) is 12.5. The number of unbranched alkanes of at least 4 members (excludes halogenated alkanes) is 1. The van der Waals surface area contributed by atoms with Gasteiger partial charge in [-0.1, -0.05) is 17.7 Å². The third-order valence-electron chi connectivity index (χ3n) is 3.76. The molecule has 0 fully saturated rings. The van der Waals surface area contributed by atoms with Crippen LogP contribution >= 0.6 is 35.6 Å². The molecule has 0 aliphatic heterocycles. The molecular formula is C17H26ClIN6. The summed E-state index contributed by atoms with van der Waals surface area (Å²) < 4.78 is 2.17. The highest BCUT2D eigenvalue weighted by atomic mass is 127. The SMILES string of the molecule is CN=C(NCCCCn1ccnc1C)NCCc1ccc(Cl)nc1.I. The highest BCUT2D eigenvalue weighted by Gasteiger charge is 2.00. The van der Waals surface area contributed by atoms with Crippen LogP contribution in [0.5, 0.6) is 0 Å². The average molecular weight is 477 g/mol. The smallest absolute Gasteiger partial charge is 0.190 e. The van der Waals surface area contributed by atoms with Crippen LogP contribution in [0.15, 0.2) is 35.7 Å². The number of guanidine groups is 1. The Kier molecular flexibility index (Phi) is 10.5. The molecule has 2 aromatic heterocycles. The van der Waals surface area contributed by atoms with Crippen molar-refractivity contribution in [2.24, 2.45) is 4.99 Å². The molecule has 0 saturated carbocycles. The van der Waals surface area contributed by atoms with Gasteiger partial charge in [-0.05, 0) is 37.8 Å². The number of aromatic nitrogens is 3. The van der Waals surface area contributed by atoms with Crippen molar-refractivity contribution >= 4 is 41.5 Å². The third kappa shape index (κ3) is 8.04. The van der Waals surface area contributed by atoms with E-state index in [-0.39, 0.29) is 24.0 Å². The second kappa shape index (κ2) is 12.1. The van der Waals surface area contributed by atoms with Crippen molar-refractivity contribution in [3.05, 3.63) is 47.3 Å². The van der Waals surface area contributed by atoms with Gasteiger partial charge in [0.2, 0.25) is 0 Å². The van der Waals surface area contributed by atoms with Gasteiger partial charge in [-0.15, -0.1) is 24.0 Å². The molecule has 2 heterocycles. The molecule has 25 heavy (non-hydrogen) atoms. The molecular weight excluding hydrogens is 451 g/mol. The molecule has 0 aliphatic rings. The van der Waals surface area contributed by atoms with Gasteiger partial charge in [-0.25, -0.2) is 9.97 Å². The first-order valence-electron chi connectivity index (χ1n) is 8.21. The molecule has 8 heteroatoms. The zero-order chi connectivity index (χ0) is 17.2. The van der Waals surface area contributed by atoms with Crippen LogP contribution in [0.2, 0.25) is 5.15 Å². The fourth-order valence-corrected chi connectivity index (χ4v) is 2.47. The predicted octanol–water partition coefficient (Wildman–Crippen LogP) is 3.05. The lowest BCUT2D eigenvalue weighted by atomic mass is 10.2. The number of halogens is 2. The molecule has 0 radical (unpaired) electrons. The molecule has 0 spiro atoms. The Morgan fingerprint density at radius 3 is 2.64 bits per heavy atom. The highest BCUT2D eigenvalue weighted by Crippen LogP contribution is 2.05. The maximum absolute atomic E-state index is 5.78. The van der Waals surface area contributed by atoms with Crippen molar-refractivity contribution < 1.29 is 0 Å². The average Bonchev–Trinajstić information content (AvgIpc) is 3.00. The molecule has 0 saturated heterocycles. The molecule has 2 N–H and O–H groups in total. The van der Waals surface area contributed by atoms with Crippen molar-refractivity contribution in [2.75, 3.05) is 20.1 Å². The van der Waals surface area contributed by atoms with Crippen LogP contribution in [0.3, 0.4) is 0 Å². The summed E-state index contributed by atoms with van der Waals surface area (Å²) >= 11 is 5.78. The Morgan fingerprint density at radius 2 is 2.00 bits per heavy atom. The third-order valence-corrected chi connectivity index (χ3v) is 3.98. The van der Waals surface area contributed by atoms with Gasteiger partial charge < -0.3 is 15.2 Å². The quantitative estimate of drug-likeness (QED) is 0.202. The van der Waals surface area contributed by atoms with Gasteiger partial charge in [0, 0.05) is 45.3 Å². The Balaban J connectivity index is 0.00000312. The second-order valence-electron chi connectivity index (χ2n) is 5.54. The fourth-order valence-electron chi connectivity index (χ4n) is 2.35. The van der Waals surface area contributed by atoms with E-state index in [9.17, 15) is 0 Å². The zero-order valence-electron chi connectivity index (χ0n) is 14.7. The number of hydrogen-bond acceptors (Lipinski definition) is 3. The lowest BCUT2D eigenvalue weighted by Crippen LogP contribution is -2.38. The number of aliphatic imine (C=N–C) groups is 1. The molecule has 0 unspecified atom stereocenters. The molecule has 0 amide bonds. The standard InChI is InChI=1S/C17H25ClN6.HI/c1-14-20-10-12-24(14)11-4-3-8-21-17(19-2)22-9-7-15-5-6-16(18)23-13-15;/h5-6,10,12-13H,3-4,7-9,11H2,1-2H3,(H2,19,21,22);1H. The monoisotopic (exact) mass is 476 g/mol. The van der Waals surface area contributed by atoms with Crippen molar-refractivity contribution in [3.63, 3.8) is 0 Å². The fraction of sp³-hybridized carbons (Fsp3) is 0.471. The van der Waals surface area contributed by atoms with Gasteiger partial charge in [0.15, 0.2) is 5.96 Å².